The van der Waals surface area contributed by atoms with Crippen LogP contribution in [0.3, 0.4) is 0 Å². The summed E-state index contributed by atoms with van der Waals surface area (Å²) in [6, 6.07) is 18.3. The summed E-state index contributed by atoms with van der Waals surface area (Å²) in [5.41, 5.74) is -0.556. The number of carbonyl (C=O) groups excluding carboxylic acids is 1. The van der Waals surface area contributed by atoms with Crippen molar-refractivity contribution in [1.29, 1.82) is 0 Å². The molecule has 1 heterocycles. The average molecular weight is 351 g/mol. The van der Waals surface area contributed by atoms with Crippen LogP contribution in [0.2, 0.25) is 0 Å². The van der Waals surface area contributed by atoms with Crippen molar-refractivity contribution in [2.75, 3.05) is 13.1 Å². The number of aliphatic hydroxyl groups excluding tert-OH is 1. The van der Waals surface area contributed by atoms with Crippen LogP contribution < -0.4 is 0 Å². The van der Waals surface area contributed by atoms with Gasteiger partial charge in [-0.3, -0.25) is 4.79 Å². The summed E-state index contributed by atoms with van der Waals surface area (Å²) in [4.78, 5) is 15.3. The normalized spacial score (nSPS) is 25.8. The Morgan fingerprint density at radius 3 is 1.81 bits per heavy atom. The fourth-order valence-corrected chi connectivity index (χ4v) is 4.57. The molecule has 4 nitrogen and oxygen atoms in total. The van der Waals surface area contributed by atoms with E-state index in [1.165, 1.54) is 0 Å². The highest BCUT2D eigenvalue weighted by Crippen LogP contribution is 2.38. The first-order valence-electron chi connectivity index (χ1n) is 9.41. The van der Waals surface area contributed by atoms with Crippen molar-refractivity contribution in [3.8, 4) is 0 Å². The van der Waals surface area contributed by atoms with Gasteiger partial charge in [0.05, 0.1) is 6.10 Å². The molecule has 1 aliphatic heterocycles. The Balaban J connectivity index is 1.72. The standard InChI is InChI=1S/C22H25NO3/c24-20-16-8-7-9-17(20)15-23(14-16)21(25)22(26,18-10-3-1-4-11-18)19-12-5-2-6-13-19/h1-6,10-13,16-17,20,24,26H,7-9,14-15H2. The van der Waals surface area contributed by atoms with E-state index in [9.17, 15) is 15.0 Å². The van der Waals surface area contributed by atoms with Gasteiger partial charge in [0.1, 0.15) is 0 Å². The molecule has 1 aliphatic carbocycles. The van der Waals surface area contributed by atoms with Crippen LogP contribution >= 0.6 is 0 Å². The predicted molar refractivity (Wildman–Crippen MR) is 99.3 cm³/mol. The number of aliphatic hydroxyl groups is 2. The van der Waals surface area contributed by atoms with E-state index in [1.54, 1.807) is 29.2 Å². The van der Waals surface area contributed by atoms with E-state index in [-0.39, 0.29) is 23.8 Å². The monoisotopic (exact) mass is 351 g/mol. The third kappa shape index (κ3) is 2.83. The van der Waals surface area contributed by atoms with Crippen LogP contribution in [-0.2, 0) is 10.4 Å². The molecule has 0 aromatic heterocycles. The van der Waals surface area contributed by atoms with Crippen molar-refractivity contribution < 1.29 is 15.0 Å². The molecule has 4 rings (SSSR count). The van der Waals surface area contributed by atoms with Gasteiger partial charge in [-0.25, -0.2) is 0 Å². The van der Waals surface area contributed by atoms with Crippen LogP contribution in [0.15, 0.2) is 60.7 Å². The number of amides is 1. The highest BCUT2D eigenvalue weighted by Gasteiger charge is 2.47. The fourth-order valence-electron chi connectivity index (χ4n) is 4.57. The summed E-state index contributed by atoms with van der Waals surface area (Å²) < 4.78 is 0. The van der Waals surface area contributed by atoms with Crippen LogP contribution in [0.25, 0.3) is 0 Å². The maximum absolute atomic E-state index is 13.6. The van der Waals surface area contributed by atoms with Gasteiger partial charge >= 0.3 is 0 Å². The summed E-state index contributed by atoms with van der Waals surface area (Å²) in [7, 11) is 0. The van der Waals surface area contributed by atoms with Crippen LogP contribution in [0.5, 0.6) is 0 Å². The number of piperidine rings is 1. The first-order chi connectivity index (χ1) is 12.6. The van der Waals surface area contributed by atoms with E-state index < -0.39 is 5.60 Å². The van der Waals surface area contributed by atoms with Crippen molar-refractivity contribution in [1.82, 2.24) is 4.90 Å². The maximum atomic E-state index is 13.6. The lowest BCUT2D eigenvalue weighted by molar-refractivity contribution is -0.156. The maximum Gasteiger partial charge on any atom is 0.264 e. The van der Waals surface area contributed by atoms with E-state index in [0.29, 0.717) is 24.2 Å². The third-order valence-electron chi connectivity index (χ3n) is 6.01. The topological polar surface area (TPSA) is 60.8 Å². The van der Waals surface area contributed by atoms with Crippen LogP contribution in [0.1, 0.15) is 30.4 Å². The number of rotatable bonds is 3. The Kier molecular flexibility index (Phi) is 4.55. The quantitative estimate of drug-likeness (QED) is 0.893. The van der Waals surface area contributed by atoms with E-state index in [4.69, 9.17) is 0 Å². The van der Waals surface area contributed by atoms with Crippen LogP contribution in [-0.4, -0.2) is 40.2 Å². The second-order valence-electron chi connectivity index (χ2n) is 7.59. The Morgan fingerprint density at radius 1 is 0.885 bits per heavy atom. The predicted octanol–water partition coefficient (Wildman–Crippen LogP) is 2.54. The minimum absolute atomic E-state index is 0.113. The number of likely N-dealkylation sites (tertiary alicyclic amines) is 1. The first kappa shape index (κ1) is 17.3. The van der Waals surface area contributed by atoms with Gasteiger partial charge in [0.15, 0.2) is 5.60 Å². The summed E-state index contributed by atoms with van der Waals surface area (Å²) >= 11 is 0. The molecule has 2 N–H and O–H groups in total. The molecule has 136 valence electrons. The molecule has 1 saturated carbocycles. The number of hydrogen-bond donors (Lipinski definition) is 2. The molecule has 2 aromatic rings. The molecular formula is C22H25NO3. The van der Waals surface area contributed by atoms with E-state index in [1.807, 2.05) is 36.4 Å². The molecule has 1 amide bonds. The summed E-state index contributed by atoms with van der Waals surface area (Å²) in [6.07, 6.45) is 2.66. The van der Waals surface area contributed by atoms with Crippen molar-refractivity contribution in [2.45, 2.75) is 31.0 Å². The van der Waals surface area contributed by atoms with Crippen molar-refractivity contribution in [3.63, 3.8) is 0 Å². The molecule has 2 bridgehead atoms. The van der Waals surface area contributed by atoms with Gasteiger partial charge in [0, 0.05) is 24.9 Å². The van der Waals surface area contributed by atoms with Gasteiger partial charge in [-0.05, 0) is 24.0 Å². The molecule has 0 spiro atoms. The van der Waals surface area contributed by atoms with E-state index in [2.05, 4.69) is 0 Å². The number of fused-ring (bicyclic) bond motifs is 2. The average Bonchev–Trinajstić information content (AvgIpc) is 2.68. The third-order valence-corrected chi connectivity index (χ3v) is 6.01. The van der Waals surface area contributed by atoms with E-state index in [0.717, 1.165) is 19.3 Å². The second kappa shape index (κ2) is 6.86. The summed E-state index contributed by atoms with van der Waals surface area (Å²) in [5, 5.41) is 22.1. The van der Waals surface area contributed by atoms with Gasteiger partial charge in [0.25, 0.3) is 5.91 Å². The Labute approximate surface area is 154 Å². The second-order valence-corrected chi connectivity index (χ2v) is 7.59. The minimum atomic E-state index is -1.71. The van der Waals surface area contributed by atoms with Crippen molar-refractivity contribution >= 4 is 5.91 Å². The lowest BCUT2D eigenvalue weighted by atomic mass is 9.74. The molecule has 2 fully saturated rings. The zero-order chi connectivity index (χ0) is 18.1. The molecule has 2 aromatic carbocycles. The van der Waals surface area contributed by atoms with Crippen molar-refractivity contribution in [2.24, 2.45) is 11.8 Å². The lowest BCUT2D eigenvalue weighted by Crippen LogP contribution is -2.57. The van der Waals surface area contributed by atoms with Crippen molar-refractivity contribution in [3.05, 3.63) is 71.8 Å². The Morgan fingerprint density at radius 2 is 1.35 bits per heavy atom. The molecule has 26 heavy (non-hydrogen) atoms. The SMILES string of the molecule is O=C(N1CC2CCCC(C1)C2O)C(O)(c1ccccc1)c1ccccc1. The molecule has 0 radical (unpaired) electrons. The molecular weight excluding hydrogens is 326 g/mol. The van der Waals surface area contributed by atoms with Crippen LogP contribution in [0, 0.1) is 11.8 Å². The molecule has 1 saturated heterocycles. The van der Waals surface area contributed by atoms with Gasteiger partial charge in [-0.1, -0.05) is 67.1 Å². The fraction of sp³-hybridized carbons (Fsp3) is 0.409. The summed E-state index contributed by atoms with van der Waals surface area (Å²) in [5.74, 6) is -0.0665. The smallest absolute Gasteiger partial charge is 0.264 e. The van der Waals surface area contributed by atoms with Gasteiger partial charge in [-0.2, -0.15) is 0 Å². The van der Waals surface area contributed by atoms with Gasteiger partial charge < -0.3 is 15.1 Å². The highest BCUT2D eigenvalue weighted by molar-refractivity contribution is 5.90. The van der Waals surface area contributed by atoms with Gasteiger partial charge in [0.2, 0.25) is 0 Å². The van der Waals surface area contributed by atoms with Gasteiger partial charge in [-0.15, -0.1) is 0 Å². The largest absolute Gasteiger partial charge is 0.392 e. The molecule has 2 unspecified atom stereocenters. The minimum Gasteiger partial charge on any atom is -0.392 e. The first-order valence-corrected chi connectivity index (χ1v) is 9.41. The highest BCUT2D eigenvalue weighted by atomic mass is 16.3. The lowest BCUT2D eigenvalue weighted by Gasteiger charge is -2.47. The van der Waals surface area contributed by atoms with E-state index >= 15 is 0 Å². The number of nitrogens with zero attached hydrogens (tertiary/aromatic N) is 1. The zero-order valence-electron chi connectivity index (χ0n) is 14.8. The number of benzene rings is 2. The number of hydrogen-bond acceptors (Lipinski definition) is 3. The zero-order valence-corrected chi connectivity index (χ0v) is 14.8. The molecule has 2 atom stereocenters. The number of carbonyl (C=O) groups is 1. The Bertz CT molecular complexity index is 708. The molecule has 4 heteroatoms. The molecule has 2 aliphatic rings. The Hall–Kier alpha value is -2.17. The summed E-state index contributed by atoms with van der Waals surface area (Å²) in [6.45, 7) is 1.02. The van der Waals surface area contributed by atoms with Crippen LogP contribution in [0.4, 0.5) is 0 Å².